The molecule has 144 valence electrons. The number of rotatable bonds is 8. The average molecular weight is 379 g/mol. The molecule has 2 fully saturated rings. The van der Waals surface area contributed by atoms with Gasteiger partial charge in [0, 0.05) is 31.6 Å². The lowest BCUT2D eigenvalue weighted by atomic mass is 9.83. The van der Waals surface area contributed by atoms with Gasteiger partial charge in [-0.2, -0.15) is 0 Å². The van der Waals surface area contributed by atoms with Gasteiger partial charge in [-0.25, -0.2) is 0 Å². The molecule has 1 aliphatic heterocycles. The zero-order chi connectivity index (χ0) is 18.4. The number of carbonyl (C=O) groups excluding carboxylic acids is 2. The molecule has 1 aromatic rings. The van der Waals surface area contributed by atoms with Crippen molar-refractivity contribution in [2.45, 2.75) is 63.5 Å². The van der Waals surface area contributed by atoms with E-state index in [4.69, 9.17) is 4.74 Å². The van der Waals surface area contributed by atoms with E-state index in [-0.39, 0.29) is 17.9 Å². The van der Waals surface area contributed by atoms with Gasteiger partial charge in [-0.1, -0.05) is 38.2 Å². The molecule has 0 aromatic carbocycles. The van der Waals surface area contributed by atoms with Crippen molar-refractivity contribution in [1.29, 1.82) is 0 Å². The van der Waals surface area contributed by atoms with E-state index in [0.717, 1.165) is 17.7 Å². The summed E-state index contributed by atoms with van der Waals surface area (Å²) in [5.74, 6) is 0.648. The summed E-state index contributed by atoms with van der Waals surface area (Å²) in [5.41, 5.74) is 0. The maximum atomic E-state index is 13.1. The van der Waals surface area contributed by atoms with Crippen LogP contribution < -0.4 is 5.32 Å². The smallest absolute Gasteiger partial charge is 0.246 e. The Labute approximate surface area is 160 Å². The molecular formula is C20H30N2O3S. The zero-order valence-corrected chi connectivity index (χ0v) is 16.4. The molecule has 2 atom stereocenters. The number of methoxy groups -OCH3 is 1. The first-order chi connectivity index (χ1) is 12.7. The van der Waals surface area contributed by atoms with Gasteiger partial charge in [-0.3, -0.25) is 9.59 Å². The number of amides is 2. The van der Waals surface area contributed by atoms with Crippen molar-refractivity contribution in [3.8, 4) is 0 Å². The molecule has 3 rings (SSSR count). The van der Waals surface area contributed by atoms with Gasteiger partial charge in [0.25, 0.3) is 0 Å². The fourth-order valence-corrected chi connectivity index (χ4v) is 4.96. The number of hydrogen-bond donors (Lipinski definition) is 1. The second-order valence-corrected chi connectivity index (χ2v) is 8.51. The molecule has 2 amide bonds. The minimum Gasteiger partial charge on any atom is -0.385 e. The van der Waals surface area contributed by atoms with E-state index in [2.05, 4.69) is 5.32 Å². The third-order valence-electron chi connectivity index (χ3n) is 5.59. The van der Waals surface area contributed by atoms with Crippen molar-refractivity contribution in [3.63, 3.8) is 0 Å². The highest BCUT2D eigenvalue weighted by molar-refractivity contribution is 7.09. The molecule has 0 radical (unpaired) electrons. The largest absolute Gasteiger partial charge is 0.385 e. The molecule has 1 aromatic heterocycles. The third-order valence-corrected chi connectivity index (χ3v) is 6.49. The third kappa shape index (κ3) is 4.86. The minimum absolute atomic E-state index is 0.0224. The highest BCUT2D eigenvalue weighted by atomic mass is 32.1. The standard InChI is InChI=1S/C20H30N2O3S/c1-25-11-6-10-22-18(13-15-7-3-2-4-8-15)19(23)21-17(20(22)24)14-16-9-5-12-26-16/h5,9,12,15,17-18H,2-4,6-8,10-11,13-14H2,1H3,(H,21,23). The van der Waals surface area contributed by atoms with Crippen LogP contribution in [0.25, 0.3) is 0 Å². The Balaban J connectivity index is 1.69. The van der Waals surface area contributed by atoms with E-state index >= 15 is 0 Å². The second kappa shape index (κ2) is 9.51. The molecule has 1 N–H and O–H groups in total. The molecule has 0 bridgehead atoms. The molecule has 6 heteroatoms. The van der Waals surface area contributed by atoms with E-state index in [9.17, 15) is 9.59 Å². The van der Waals surface area contributed by atoms with Gasteiger partial charge in [0.05, 0.1) is 0 Å². The van der Waals surface area contributed by atoms with Gasteiger partial charge >= 0.3 is 0 Å². The van der Waals surface area contributed by atoms with Crippen molar-refractivity contribution in [2.75, 3.05) is 20.3 Å². The highest BCUT2D eigenvalue weighted by Gasteiger charge is 2.41. The lowest BCUT2D eigenvalue weighted by molar-refractivity contribution is -0.150. The lowest BCUT2D eigenvalue weighted by Crippen LogP contribution is -2.64. The normalized spacial score (nSPS) is 24.7. The molecule has 2 aliphatic rings. The molecule has 2 unspecified atom stereocenters. The Kier molecular flexibility index (Phi) is 7.08. The van der Waals surface area contributed by atoms with Crippen molar-refractivity contribution < 1.29 is 14.3 Å². The van der Waals surface area contributed by atoms with Gasteiger partial charge in [-0.05, 0) is 30.2 Å². The number of hydrogen-bond acceptors (Lipinski definition) is 4. The Morgan fingerprint density at radius 1 is 1.27 bits per heavy atom. The first-order valence-electron chi connectivity index (χ1n) is 9.81. The summed E-state index contributed by atoms with van der Waals surface area (Å²) in [5, 5.41) is 5.02. The summed E-state index contributed by atoms with van der Waals surface area (Å²) < 4.78 is 5.16. The van der Waals surface area contributed by atoms with E-state index in [1.54, 1.807) is 18.4 Å². The van der Waals surface area contributed by atoms with Crippen molar-refractivity contribution >= 4 is 23.2 Å². The van der Waals surface area contributed by atoms with E-state index in [1.165, 1.54) is 32.1 Å². The van der Waals surface area contributed by atoms with Crippen LogP contribution in [0.1, 0.15) is 49.8 Å². The van der Waals surface area contributed by atoms with Crippen LogP contribution in [-0.4, -0.2) is 49.1 Å². The monoisotopic (exact) mass is 378 g/mol. The number of carbonyl (C=O) groups is 2. The molecule has 2 heterocycles. The fourth-order valence-electron chi connectivity index (χ4n) is 4.21. The van der Waals surface area contributed by atoms with Gasteiger partial charge in [-0.15, -0.1) is 11.3 Å². The van der Waals surface area contributed by atoms with Crippen molar-refractivity contribution in [3.05, 3.63) is 22.4 Å². The predicted octanol–water partition coefficient (Wildman–Crippen LogP) is 2.99. The van der Waals surface area contributed by atoms with Crippen LogP contribution in [0.5, 0.6) is 0 Å². The molecule has 1 saturated carbocycles. The summed E-state index contributed by atoms with van der Waals surface area (Å²) in [6.07, 6.45) is 8.31. The van der Waals surface area contributed by atoms with Crippen LogP contribution in [0.2, 0.25) is 0 Å². The molecule has 0 spiro atoms. The predicted molar refractivity (Wildman–Crippen MR) is 103 cm³/mol. The fraction of sp³-hybridized carbons (Fsp3) is 0.700. The van der Waals surface area contributed by atoms with E-state index in [0.29, 0.717) is 25.5 Å². The zero-order valence-electron chi connectivity index (χ0n) is 15.6. The number of piperazine rings is 1. The first kappa shape index (κ1) is 19.4. The van der Waals surface area contributed by atoms with Crippen LogP contribution in [0.3, 0.4) is 0 Å². The number of ether oxygens (including phenoxy) is 1. The maximum absolute atomic E-state index is 13.1. The van der Waals surface area contributed by atoms with Gasteiger partial charge < -0.3 is 15.0 Å². The SMILES string of the molecule is COCCCN1C(=O)C(Cc2cccs2)NC(=O)C1CC1CCCCC1. The van der Waals surface area contributed by atoms with Gasteiger partial charge in [0.1, 0.15) is 12.1 Å². The summed E-state index contributed by atoms with van der Waals surface area (Å²) in [7, 11) is 1.67. The highest BCUT2D eigenvalue weighted by Crippen LogP contribution is 2.30. The van der Waals surface area contributed by atoms with Crippen molar-refractivity contribution in [2.24, 2.45) is 5.92 Å². The topological polar surface area (TPSA) is 58.6 Å². The van der Waals surface area contributed by atoms with Crippen LogP contribution in [0.15, 0.2) is 17.5 Å². The summed E-state index contributed by atoms with van der Waals surface area (Å²) in [6, 6.07) is 3.25. The van der Waals surface area contributed by atoms with Crippen LogP contribution >= 0.6 is 11.3 Å². The lowest BCUT2D eigenvalue weighted by Gasteiger charge is -2.40. The van der Waals surface area contributed by atoms with Crippen LogP contribution in [0, 0.1) is 5.92 Å². The van der Waals surface area contributed by atoms with E-state index in [1.807, 2.05) is 22.4 Å². The Hall–Kier alpha value is -1.40. The number of nitrogens with one attached hydrogen (secondary N) is 1. The molecular weight excluding hydrogens is 348 g/mol. The van der Waals surface area contributed by atoms with Crippen LogP contribution in [-0.2, 0) is 20.7 Å². The quantitative estimate of drug-likeness (QED) is 0.708. The summed E-state index contributed by atoms with van der Waals surface area (Å²) in [6.45, 7) is 1.20. The number of nitrogens with zero attached hydrogens (tertiary/aromatic N) is 1. The van der Waals surface area contributed by atoms with Gasteiger partial charge in [0.2, 0.25) is 11.8 Å². The van der Waals surface area contributed by atoms with Crippen LogP contribution in [0.4, 0.5) is 0 Å². The maximum Gasteiger partial charge on any atom is 0.246 e. The number of thiophene rings is 1. The Bertz CT molecular complexity index is 584. The van der Waals surface area contributed by atoms with E-state index < -0.39 is 6.04 Å². The molecule has 1 aliphatic carbocycles. The second-order valence-electron chi connectivity index (χ2n) is 7.48. The summed E-state index contributed by atoms with van der Waals surface area (Å²) >= 11 is 1.63. The van der Waals surface area contributed by atoms with Gasteiger partial charge in [0.15, 0.2) is 0 Å². The Morgan fingerprint density at radius 2 is 2.08 bits per heavy atom. The molecule has 1 saturated heterocycles. The molecule has 5 nitrogen and oxygen atoms in total. The minimum atomic E-state index is -0.439. The van der Waals surface area contributed by atoms with Crippen molar-refractivity contribution in [1.82, 2.24) is 10.2 Å². The Morgan fingerprint density at radius 3 is 2.77 bits per heavy atom. The first-order valence-corrected chi connectivity index (χ1v) is 10.7. The molecule has 26 heavy (non-hydrogen) atoms. The average Bonchev–Trinajstić information content (AvgIpc) is 3.16. The summed E-state index contributed by atoms with van der Waals surface area (Å²) in [4.78, 5) is 29.0.